The molecule has 0 spiro atoms. The Kier molecular flexibility index (Phi) is 4.25. The first-order valence-electron chi connectivity index (χ1n) is 6.11. The van der Waals surface area contributed by atoms with E-state index in [4.69, 9.17) is 5.73 Å². The Bertz CT molecular complexity index is 520. The van der Waals surface area contributed by atoms with Gasteiger partial charge in [0.05, 0.1) is 12.5 Å². The van der Waals surface area contributed by atoms with Crippen LogP contribution in [0.4, 0.5) is 0 Å². The van der Waals surface area contributed by atoms with Crippen LogP contribution in [0.25, 0.3) is 0 Å². The molecule has 0 aliphatic rings. The second kappa shape index (κ2) is 6.10. The van der Waals surface area contributed by atoms with Gasteiger partial charge in [-0.05, 0) is 18.1 Å². The fourth-order valence-electron chi connectivity index (χ4n) is 1.76. The topological polar surface area (TPSA) is 96.7 Å². The van der Waals surface area contributed by atoms with E-state index in [0.29, 0.717) is 18.8 Å². The van der Waals surface area contributed by atoms with Crippen LogP contribution in [0.2, 0.25) is 0 Å². The minimum atomic E-state index is -0.182. The molecule has 0 radical (unpaired) electrons. The van der Waals surface area contributed by atoms with Crippen LogP contribution in [-0.4, -0.2) is 21.1 Å². The molecule has 6 nitrogen and oxygen atoms in total. The van der Waals surface area contributed by atoms with Crippen molar-refractivity contribution in [2.24, 2.45) is 5.73 Å². The van der Waals surface area contributed by atoms with Crippen molar-refractivity contribution >= 4 is 5.91 Å². The number of amides is 1. The quantitative estimate of drug-likeness (QED) is 0.735. The summed E-state index contributed by atoms with van der Waals surface area (Å²) in [6.07, 6.45) is 1.76. The molecule has 1 amide bonds. The van der Waals surface area contributed by atoms with Crippen LogP contribution in [0.5, 0.6) is 0 Å². The van der Waals surface area contributed by atoms with Gasteiger partial charge in [0.1, 0.15) is 12.2 Å². The first-order valence-corrected chi connectivity index (χ1v) is 6.11. The van der Waals surface area contributed by atoms with Crippen molar-refractivity contribution in [3.05, 3.63) is 47.5 Å². The molecule has 0 aliphatic heterocycles. The van der Waals surface area contributed by atoms with Crippen molar-refractivity contribution in [3.8, 4) is 0 Å². The molecule has 0 aliphatic carbocycles. The van der Waals surface area contributed by atoms with E-state index < -0.39 is 0 Å². The number of nitrogens with one attached hydrogen (secondary N) is 2. The van der Waals surface area contributed by atoms with Gasteiger partial charge in [-0.1, -0.05) is 24.3 Å². The van der Waals surface area contributed by atoms with Crippen LogP contribution < -0.4 is 11.1 Å². The van der Waals surface area contributed by atoms with Crippen molar-refractivity contribution in [2.45, 2.75) is 25.9 Å². The molecule has 1 aromatic heterocycles. The molecule has 2 aromatic rings. The number of rotatable bonds is 5. The number of nitrogens with two attached hydrogens (primary N) is 1. The average Bonchev–Trinajstić information content (AvgIpc) is 2.93. The van der Waals surface area contributed by atoms with Gasteiger partial charge in [0.25, 0.3) is 0 Å². The van der Waals surface area contributed by atoms with E-state index in [1.54, 1.807) is 0 Å². The lowest BCUT2D eigenvalue weighted by Gasteiger charge is -2.11. The monoisotopic (exact) mass is 259 g/mol. The minimum Gasteiger partial charge on any atom is -0.346 e. The lowest BCUT2D eigenvalue weighted by atomic mass is 10.1. The normalized spacial score (nSPS) is 12.1. The predicted octanol–water partition coefficient (Wildman–Crippen LogP) is 0.683. The number of nitrogens with zero attached hydrogens (tertiary/aromatic N) is 2. The zero-order chi connectivity index (χ0) is 13.7. The number of hydrogen-bond donors (Lipinski definition) is 3. The Morgan fingerprint density at radius 2 is 2.05 bits per heavy atom. The molecule has 6 heteroatoms. The molecular weight excluding hydrogens is 242 g/mol. The Morgan fingerprint density at radius 1 is 1.37 bits per heavy atom. The van der Waals surface area contributed by atoms with Crippen LogP contribution in [-0.2, 0) is 17.8 Å². The highest BCUT2D eigenvalue weighted by atomic mass is 16.1. The zero-order valence-corrected chi connectivity index (χ0v) is 10.8. The van der Waals surface area contributed by atoms with E-state index in [0.717, 1.165) is 11.1 Å². The van der Waals surface area contributed by atoms with Crippen molar-refractivity contribution < 1.29 is 4.79 Å². The molecule has 0 bridgehead atoms. The lowest BCUT2D eigenvalue weighted by molar-refractivity contribution is -0.121. The summed E-state index contributed by atoms with van der Waals surface area (Å²) in [7, 11) is 0. The molecular formula is C13H17N5O. The summed E-state index contributed by atoms with van der Waals surface area (Å²) < 4.78 is 0. The van der Waals surface area contributed by atoms with E-state index in [1.807, 2.05) is 31.2 Å². The smallest absolute Gasteiger partial charge is 0.224 e. The third kappa shape index (κ3) is 3.62. The van der Waals surface area contributed by atoms with E-state index in [9.17, 15) is 4.79 Å². The van der Waals surface area contributed by atoms with Crippen LogP contribution in [0.1, 0.15) is 29.9 Å². The largest absolute Gasteiger partial charge is 0.346 e. The standard InChI is InChI=1S/C13H17N5O/c1-9(13-15-8-16-18-13)17-12(19)6-10-2-4-11(7-14)5-3-10/h2-5,8-9H,6-7,14H2,1H3,(H,17,19)(H,15,16,18). The van der Waals surface area contributed by atoms with Crippen molar-refractivity contribution in [1.82, 2.24) is 20.5 Å². The van der Waals surface area contributed by atoms with Gasteiger partial charge >= 0.3 is 0 Å². The van der Waals surface area contributed by atoms with E-state index in [-0.39, 0.29) is 11.9 Å². The highest BCUT2D eigenvalue weighted by molar-refractivity contribution is 5.78. The molecule has 100 valence electrons. The predicted molar refractivity (Wildman–Crippen MR) is 71.0 cm³/mol. The molecule has 0 saturated carbocycles. The number of aromatic nitrogens is 3. The number of carbonyl (C=O) groups is 1. The van der Waals surface area contributed by atoms with Crippen LogP contribution in [0.3, 0.4) is 0 Å². The number of aromatic amines is 1. The number of carbonyl (C=O) groups excluding carboxylic acids is 1. The Hall–Kier alpha value is -2.21. The molecule has 0 fully saturated rings. The Labute approximate surface area is 111 Å². The average molecular weight is 259 g/mol. The number of benzene rings is 1. The second-order valence-electron chi connectivity index (χ2n) is 4.36. The van der Waals surface area contributed by atoms with Crippen molar-refractivity contribution in [3.63, 3.8) is 0 Å². The van der Waals surface area contributed by atoms with Gasteiger partial charge in [0.2, 0.25) is 5.91 Å². The first-order chi connectivity index (χ1) is 9.19. The van der Waals surface area contributed by atoms with E-state index in [2.05, 4.69) is 20.5 Å². The molecule has 1 atom stereocenters. The third-order valence-electron chi connectivity index (χ3n) is 2.84. The Morgan fingerprint density at radius 3 is 2.63 bits per heavy atom. The SMILES string of the molecule is CC(NC(=O)Cc1ccc(CN)cc1)c1ncn[nH]1. The molecule has 4 N–H and O–H groups in total. The highest BCUT2D eigenvalue weighted by Gasteiger charge is 2.12. The summed E-state index contributed by atoms with van der Waals surface area (Å²) in [6, 6.07) is 7.52. The van der Waals surface area contributed by atoms with Crippen LogP contribution in [0.15, 0.2) is 30.6 Å². The maximum Gasteiger partial charge on any atom is 0.224 e. The molecule has 1 heterocycles. The molecule has 1 unspecified atom stereocenters. The van der Waals surface area contributed by atoms with E-state index in [1.165, 1.54) is 6.33 Å². The second-order valence-corrected chi connectivity index (χ2v) is 4.36. The molecule has 1 aromatic carbocycles. The fourth-order valence-corrected chi connectivity index (χ4v) is 1.76. The summed E-state index contributed by atoms with van der Waals surface area (Å²) in [5.74, 6) is 0.594. The zero-order valence-electron chi connectivity index (χ0n) is 10.8. The maximum atomic E-state index is 11.9. The van der Waals surface area contributed by atoms with Gasteiger partial charge in [-0.3, -0.25) is 9.89 Å². The molecule has 19 heavy (non-hydrogen) atoms. The van der Waals surface area contributed by atoms with Gasteiger partial charge < -0.3 is 11.1 Å². The number of H-pyrrole nitrogens is 1. The molecule has 2 rings (SSSR count). The summed E-state index contributed by atoms with van der Waals surface area (Å²) in [5, 5.41) is 9.35. The van der Waals surface area contributed by atoms with E-state index >= 15 is 0 Å². The van der Waals surface area contributed by atoms with Crippen molar-refractivity contribution in [2.75, 3.05) is 0 Å². The summed E-state index contributed by atoms with van der Waals surface area (Å²) in [6.45, 7) is 2.37. The van der Waals surface area contributed by atoms with Gasteiger partial charge in [-0.15, -0.1) is 0 Å². The lowest BCUT2D eigenvalue weighted by Crippen LogP contribution is -2.28. The summed E-state index contributed by atoms with van der Waals surface area (Å²) >= 11 is 0. The summed E-state index contributed by atoms with van der Waals surface area (Å²) in [5.41, 5.74) is 7.54. The first kappa shape index (κ1) is 13.2. The Balaban J connectivity index is 1.90. The van der Waals surface area contributed by atoms with Crippen LogP contribution >= 0.6 is 0 Å². The van der Waals surface area contributed by atoms with Gasteiger partial charge in [0.15, 0.2) is 0 Å². The van der Waals surface area contributed by atoms with Crippen LogP contribution in [0, 0.1) is 0 Å². The van der Waals surface area contributed by atoms with Crippen molar-refractivity contribution in [1.29, 1.82) is 0 Å². The van der Waals surface area contributed by atoms with Gasteiger partial charge in [-0.2, -0.15) is 5.10 Å². The van der Waals surface area contributed by atoms with Gasteiger partial charge in [0, 0.05) is 6.54 Å². The summed E-state index contributed by atoms with van der Waals surface area (Å²) in [4.78, 5) is 15.9. The fraction of sp³-hybridized carbons (Fsp3) is 0.308. The van der Waals surface area contributed by atoms with Gasteiger partial charge in [-0.25, -0.2) is 4.98 Å². The third-order valence-corrected chi connectivity index (χ3v) is 2.84. The molecule has 0 saturated heterocycles. The maximum absolute atomic E-state index is 11.9. The minimum absolute atomic E-state index is 0.0515. The highest BCUT2D eigenvalue weighted by Crippen LogP contribution is 2.07. The number of hydrogen-bond acceptors (Lipinski definition) is 4.